The van der Waals surface area contributed by atoms with E-state index in [2.05, 4.69) is 11.4 Å². The molecule has 2 aliphatic carbocycles. The first-order chi connectivity index (χ1) is 13.1. The first kappa shape index (κ1) is 19.7. The molecule has 0 aromatic heterocycles. The maximum Gasteiger partial charge on any atom is 0.229 e. The molecule has 1 saturated carbocycles. The molecule has 1 N–H and O–H groups in total. The van der Waals surface area contributed by atoms with Crippen LogP contribution in [0.4, 0.5) is 5.69 Å². The Morgan fingerprint density at radius 1 is 1.04 bits per heavy atom. The van der Waals surface area contributed by atoms with Gasteiger partial charge in [0.2, 0.25) is 11.8 Å². The molecular formula is C23H32N2O2. The predicted molar refractivity (Wildman–Crippen MR) is 109 cm³/mol. The molecule has 4 heteroatoms. The number of carbonyl (C=O) groups is 2. The van der Waals surface area contributed by atoms with Gasteiger partial charge in [0.25, 0.3) is 0 Å². The van der Waals surface area contributed by atoms with Crippen molar-refractivity contribution < 1.29 is 9.59 Å². The number of hydrogen-bond acceptors (Lipinski definition) is 2. The summed E-state index contributed by atoms with van der Waals surface area (Å²) in [6, 6.07) is 9.77. The van der Waals surface area contributed by atoms with Crippen LogP contribution >= 0.6 is 0 Å². The van der Waals surface area contributed by atoms with Crippen LogP contribution in [0, 0.1) is 11.8 Å². The van der Waals surface area contributed by atoms with Crippen molar-refractivity contribution in [2.24, 2.45) is 11.8 Å². The van der Waals surface area contributed by atoms with Gasteiger partial charge in [-0.1, -0.05) is 29.8 Å². The fraction of sp³-hybridized carbons (Fsp3) is 0.565. The van der Waals surface area contributed by atoms with E-state index in [4.69, 9.17) is 0 Å². The summed E-state index contributed by atoms with van der Waals surface area (Å²) in [7, 11) is 1.84. The molecule has 0 heterocycles. The summed E-state index contributed by atoms with van der Waals surface area (Å²) in [6.45, 7) is 0.750. The molecule has 146 valence electrons. The maximum absolute atomic E-state index is 12.7. The highest BCUT2D eigenvalue weighted by molar-refractivity contribution is 5.94. The van der Waals surface area contributed by atoms with E-state index in [1.54, 1.807) is 4.90 Å². The minimum Gasteiger partial charge on any atom is -0.356 e. The van der Waals surface area contributed by atoms with Gasteiger partial charge in [-0.2, -0.15) is 0 Å². The lowest BCUT2D eigenvalue weighted by molar-refractivity contribution is -0.129. The Balaban J connectivity index is 1.40. The third kappa shape index (κ3) is 5.44. The molecule has 2 aliphatic rings. The Morgan fingerprint density at radius 2 is 1.74 bits per heavy atom. The lowest BCUT2D eigenvalue weighted by atomic mass is 9.81. The molecule has 2 amide bonds. The highest BCUT2D eigenvalue weighted by Gasteiger charge is 2.31. The SMILES string of the molecule is CN(C(=O)C1CCC(C(=O)NCCC2=CCCCC2)CC1)c1ccccc1. The predicted octanol–water partition coefficient (Wildman–Crippen LogP) is 4.46. The van der Waals surface area contributed by atoms with Crippen LogP contribution < -0.4 is 10.2 Å². The third-order valence-electron chi connectivity index (χ3n) is 6.05. The van der Waals surface area contributed by atoms with Gasteiger partial charge in [-0.3, -0.25) is 9.59 Å². The molecule has 0 unspecified atom stereocenters. The lowest BCUT2D eigenvalue weighted by Crippen LogP contribution is -2.38. The van der Waals surface area contributed by atoms with Crippen LogP contribution in [0.15, 0.2) is 42.0 Å². The Labute approximate surface area is 163 Å². The van der Waals surface area contributed by atoms with E-state index < -0.39 is 0 Å². The van der Waals surface area contributed by atoms with E-state index in [-0.39, 0.29) is 23.7 Å². The van der Waals surface area contributed by atoms with Gasteiger partial charge in [0.1, 0.15) is 0 Å². The summed E-state index contributed by atoms with van der Waals surface area (Å²) in [5.41, 5.74) is 2.43. The molecule has 1 aromatic carbocycles. The molecular weight excluding hydrogens is 336 g/mol. The molecule has 0 saturated heterocycles. The number of nitrogens with one attached hydrogen (secondary N) is 1. The van der Waals surface area contributed by atoms with Crippen molar-refractivity contribution in [1.82, 2.24) is 5.32 Å². The Hall–Kier alpha value is -2.10. The van der Waals surface area contributed by atoms with Gasteiger partial charge >= 0.3 is 0 Å². The molecule has 4 nitrogen and oxygen atoms in total. The molecule has 0 atom stereocenters. The number of carbonyl (C=O) groups excluding carboxylic acids is 2. The molecule has 3 rings (SSSR count). The van der Waals surface area contributed by atoms with E-state index in [1.165, 1.54) is 31.3 Å². The fourth-order valence-corrected chi connectivity index (χ4v) is 4.28. The van der Waals surface area contributed by atoms with Crippen molar-refractivity contribution in [3.8, 4) is 0 Å². The molecule has 0 aliphatic heterocycles. The average Bonchev–Trinajstić information content (AvgIpc) is 2.74. The van der Waals surface area contributed by atoms with E-state index >= 15 is 0 Å². The van der Waals surface area contributed by atoms with Crippen LogP contribution in [0.1, 0.15) is 57.8 Å². The van der Waals surface area contributed by atoms with Crippen LogP contribution in [0.25, 0.3) is 0 Å². The zero-order valence-corrected chi connectivity index (χ0v) is 16.5. The van der Waals surface area contributed by atoms with Crippen molar-refractivity contribution in [2.75, 3.05) is 18.5 Å². The van der Waals surface area contributed by atoms with Gasteiger partial charge in [0, 0.05) is 31.1 Å². The van der Waals surface area contributed by atoms with Crippen molar-refractivity contribution in [3.05, 3.63) is 42.0 Å². The average molecular weight is 369 g/mol. The number of hydrogen-bond donors (Lipinski definition) is 1. The van der Waals surface area contributed by atoms with Gasteiger partial charge in [-0.25, -0.2) is 0 Å². The molecule has 1 fully saturated rings. The van der Waals surface area contributed by atoms with Crippen LogP contribution in [0.3, 0.4) is 0 Å². The van der Waals surface area contributed by atoms with Crippen molar-refractivity contribution in [3.63, 3.8) is 0 Å². The summed E-state index contributed by atoms with van der Waals surface area (Å²) in [4.78, 5) is 26.9. The molecule has 1 aromatic rings. The highest BCUT2D eigenvalue weighted by atomic mass is 16.2. The van der Waals surface area contributed by atoms with E-state index in [0.717, 1.165) is 44.3 Å². The smallest absolute Gasteiger partial charge is 0.229 e. The number of amides is 2. The standard InChI is InChI=1S/C23H32N2O2/c1-25(21-10-6-3-7-11-21)23(27)20-14-12-19(13-15-20)22(26)24-17-16-18-8-4-2-5-9-18/h3,6-8,10-11,19-20H,2,4-5,9,12-17H2,1H3,(H,24,26). The maximum atomic E-state index is 12.7. The monoisotopic (exact) mass is 368 g/mol. The fourth-order valence-electron chi connectivity index (χ4n) is 4.28. The van der Waals surface area contributed by atoms with Crippen LogP contribution in [-0.4, -0.2) is 25.4 Å². The van der Waals surface area contributed by atoms with Crippen molar-refractivity contribution in [1.29, 1.82) is 0 Å². The number of para-hydroxylation sites is 1. The molecule has 0 spiro atoms. The van der Waals surface area contributed by atoms with Gasteiger partial charge in [-0.15, -0.1) is 0 Å². The summed E-state index contributed by atoms with van der Waals surface area (Å²) in [5, 5.41) is 3.12. The molecule has 0 radical (unpaired) electrons. The number of nitrogens with zero attached hydrogens (tertiary/aromatic N) is 1. The second kappa shape index (κ2) is 9.72. The Morgan fingerprint density at radius 3 is 2.41 bits per heavy atom. The van der Waals surface area contributed by atoms with Gasteiger partial charge in [-0.05, 0) is 69.9 Å². The number of anilines is 1. The van der Waals surface area contributed by atoms with Crippen LogP contribution in [0.5, 0.6) is 0 Å². The molecule has 27 heavy (non-hydrogen) atoms. The quantitative estimate of drug-likeness (QED) is 0.754. The number of rotatable bonds is 6. The van der Waals surface area contributed by atoms with Gasteiger partial charge in [0.05, 0.1) is 0 Å². The normalized spacial score (nSPS) is 22.6. The first-order valence-corrected chi connectivity index (χ1v) is 10.4. The summed E-state index contributed by atoms with van der Waals surface area (Å²) < 4.78 is 0. The molecule has 0 bridgehead atoms. The Kier molecular flexibility index (Phi) is 7.08. The highest BCUT2D eigenvalue weighted by Crippen LogP contribution is 2.31. The largest absolute Gasteiger partial charge is 0.356 e. The summed E-state index contributed by atoms with van der Waals surface area (Å²) >= 11 is 0. The second-order valence-corrected chi connectivity index (χ2v) is 7.93. The van der Waals surface area contributed by atoms with Crippen LogP contribution in [-0.2, 0) is 9.59 Å². The zero-order chi connectivity index (χ0) is 19.1. The topological polar surface area (TPSA) is 49.4 Å². The minimum atomic E-state index is 0.0339. The van der Waals surface area contributed by atoms with Gasteiger partial charge < -0.3 is 10.2 Å². The van der Waals surface area contributed by atoms with E-state index in [9.17, 15) is 9.59 Å². The summed E-state index contributed by atoms with van der Waals surface area (Å²) in [5.74, 6) is 0.445. The second-order valence-electron chi connectivity index (χ2n) is 7.93. The lowest BCUT2D eigenvalue weighted by Gasteiger charge is -2.30. The number of benzene rings is 1. The number of allylic oxidation sites excluding steroid dienone is 1. The zero-order valence-electron chi connectivity index (χ0n) is 16.5. The first-order valence-electron chi connectivity index (χ1n) is 10.4. The van der Waals surface area contributed by atoms with E-state index in [1.807, 2.05) is 37.4 Å². The summed E-state index contributed by atoms with van der Waals surface area (Å²) in [6.07, 6.45) is 11.5. The minimum absolute atomic E-state index is 0.0339. The van der Waals surface area contributed by atoms with Crippen molar-refractivity contribution in [2.45, 2.75) is 57.8 Å². The Bertz CT molecular complexity index is 660. The van der Waals surface area contributed by atoms with Crippen molar-refractivity contribution >= 4 is 17.5 Å². The third-order valence-corrected chi connectivity index (χ3v) is 6.05. The van der Waals surface area contributed by atoms with Crippen LogP contribution in [0.2, 0.25) is 0 Å². The van der Waals surface area contributed by atoms with Gasteiger partial charge in [0.15, 0.2) is 0 Å². The van der Waals surface area contributed by atoms with E-state index in [0.29, 0.717) is 0 Å².